The third-order valence-corrected chi connectivity index (χ3v) is 5.03. The van der Waals surface area contributed by atoms with Crippen molar-refractivity contribution in [3.63, 3.8) is 0 Å². The van der Waals surface area contributed by atoms with Crippen LogP contribution in [0, 0.1) is 5.92 Å². The van der Waals surface area contributed by atoms with Crippen molar-refractivity contribution in [3.8, 4) is 0 Å². The number of piperidine rings is 1. The molecular weight excluding hydrogens is 224 g/mol. The average molecular weight is 252 g/mol. The normalized spacial score (nSPS) is 29.8. The van der Waals surface area contributed by atoms with Crippen molar-refractivity contribution in [2.75, 3.05) is 26.2 Å². The van der Waals surface area contributed by atoms with Crippen molar-refractivity contribution in [1.29, 1.82) is 0 Å². The SMILES string of the molecule is OC1(CN2CCC(NCC3CC3)CC2)CCCC1. The van der Waals surface area contributed by atoms with Crippen LogP contribution in [0.15, 0.2) is 0 Å². The fraction of sp³-hybridized carbons (Fsp3) is 1.00. The van der Waals surface area contributed by atoms with Crippen molar-refractivity contribution in [2.24, 2.45) is 5.92 Å². The van der Waals surface area contributed by atoms with Gasteiger partial charge >= 0.3 is 0 Å². The Bertz CT molecular complexity index is 264. The van der Waals surface area contributed by atoms with E-state index < -0.39 is 0 Å². The van der Waals surface area contributed by atoms with Gasteiger partial charge in [0, 0.05) is 12.6 Å². The van der Waals surface area contributed by atoms with Gasteiger partial charge in [-0.1, -0.05) is 12.8 Å². The molecule has 2 N–H and O–H groups in total. The number of aliphatic hydroxyl groups is 1. The summed E-state index contributed by atoms with van der Waals surface area (Å²) in [6.07, 6.45) is 9.90. The second kappa shape index (κ2) is 5.48. The van der Waals surface area contributed by atoms with Gasteiger partial charge in [-0.3, -0.25) is 0 Å². The van der Waals surface area contributed by atoms with Crippen LogP contribution >= 0.6 is 0 Å². The molecule has 0 radical (unpaired) electrons. The molecule has 1 aliphatic heterocycles. The second-order valence-corrected chi connectivity index (χ2v) is 6.83. The van der Waals surface area contributed by atoms with Crippen molar-refractivity contribution in [1.82, 2.24) is 10.2 Å². The Labute approximate surface area is 111 Å². The molecule has 0 amide bonds. The Hall–Kier alpha value is -0.120. The van der Waals surface area contributed by atoms with E-state index >= 15 is 0 Å². The van der Waals surface area contributed by atoms with Crippen LogP contribution in [0.25, 0.3) is 0 Å². The van der Waals surface area contributed by atoms with Crippen LogP contribution in [0.2, 0.25) is 0 Å². The summed E-state index contributed by atoms with van der Waals surface area (Å²) in [5.74, 6) is 0.988. The van der Waals surface area contributed by atoms with Gasteiger partial charge in [-0.25, -0.2) is 0 Å². The van der Waals surface area contributed by atoms with Crippen LogP contribution in [0.3, 0.4) is 0 Å². The van der Waals surface area contributed by atoms with Crippen LogP contribution in [-0.2, 0) is 0 Å². The van der Waals surface area contributed by atoms with Crippen molar-refractivity contribution in [3.05, 3.63) is 0 Å². The van der Waals surface area contributed by atoms with Crippen molar-refractivity contribution in [2.45, 2.75) is 63.0 Å². The van der Waals surface area contributed by atoms with Gasteiger partial charge in [0.25, 0.3) is 0 Å². The van der Waals surface area contributed by atoms with Crippen LogP contribution in [0.4, 0.5) is 0 Å². The average Bonchev–Trinajstić information content (AvgIpc) is 3.11. The predicted octanol–water partition coefficient (Wildman–Crippen LogP) is 1.76. The Morgan fingerprint density at radius 1 is 1.06 bits per heavy atom. The summed E-state index contributed by atoms with van der Waals surface area (Å²) in [5, 5.41) is 14.2. The standard InChI is InChI=1S/C15H28N2O/c18-15(7-1-2-8-15)12-17-9-5-14(6-10-17)16-11-13-3-4-13/h13-14,16,18H,1-12H2. The second-order valence-electron chi connectivity index (χ2n) is 6.83. The Morgan fingerprint density at radius 2 is 1.72 bits per heavy atom. The molecule has 0 aromatic carbocycles. The molecule has 3 aliphatic rings. The molecule has 0 bridgehead atoms. The van der Waals surface area contributed by atoms with Crippen LogP contribution in [-0.4, -0.2) is 47.8 Å². The molecule has 3 nitrogen and oxygen atoms in total. The lowest BCUT2D eigenvalue weighted by molar-refractivity contribution is 0.00209. The zero-order valence-electron chi connectivity index (χ0n) is 11.5. The molecule has 2 aliphatic carbocycles. The van der Waals surface area contributed by atoms with E-state index in [-0.39, 0.29) is 5.60 Å². The maximum absolute atomic E-state index is 10.4. The Balaban J connectivity index is 1.36. The van der Waals surface area contributed by atoms with Gasteiger partial charge in [-0.2, -0.15) is 0 Å². The lowest BCUT2D eigenvalue weighted by Crippen LogP contribution is -2.48. The number of rotatable bonds is 5. The van der Waals surface area contributed by atoms with Gasteiger partial charge < -0.3 is 15.3 Å². The van der Waals surface area contributed by atoms with E-state index in [4.69, 9.17) is 0 Å². The fourth-order valence-electron chi connectivity index (χ4n) is 3.56. The van der Waals surface area contributed by atoms with E-state index in [1.165, 1.54) is 58.2 Å². The number of β-amino-alcohol motifs (C(OH)–C–C–N with tert-alkyl or cyclic N) is 1. The highest BCUT2D eigenvalue weighted by Gasteiger charge is 2.34. The van der Waals surface area contributed by atoms with E-state index in [1.807, 2.05) is 0 Å². The lowest BCUT2D eigenvalue weighted by Gasteiger charge is -2.36. The summed E-state index contributed by atoms with van der Waals surface area (Å²) >= 11 is 0. The molecule has 0 unspecified atom stereocenters. The molecule has 0 atom stereocenters. The molecule has 18 heavy (non-hydrogen) atoms. The largest absolute Gasteiger partial charge is 0.389 e. The summed E-state index contributed by atoms with van der Waals surface area (Å²) in [6, 6.07) is 0.736. The van der Waals surface area contributed by atoms with Gasteiger partial charge in [0.2, 0.25) is 0 Å². The lowest BCUT2D eigenvalue weighted by atomic mass is 9.98. The first-order valence-electron chi connectivity index (χ1n) is 7.92. The minimum atomic E-state index is -0.353. The van der Waals surface area contributed by atoms with E-state index in [2.05, 4.69) is 10.2 Å². The molecular formula is C15H28N2O. The molecule has 3 rings (SSSR count). The van der Waals surface area contributed by atoms with Gasteiger partial charge in [-0.15, -0.1) is 0 Å². The highest BCUT2D eigenvalue weighted by molar-refractivity contribution is 4.89. The first-order valence-corrected chi connectivity index (χ1v) is 7.92. The number of likely N-dealkylation sites (tertiary alicyclic amines) is 1. The van der Waals surface area contributed by atoms with Crippen molar-refractivity contribution < 1.29 is 5.11 Å². The van der Waals surface area contributed by atoms with E-state index in [0.717, 1.165) is 31.3 Å². The molecule has 0 aromatic heterocycles. The zero-order valence-corrected chi connectivity index (χ0v) is 11.5. The highest BCUT2D eigenvalue weighted by atomic mass is 16.3. The topological polar surface area (TPSA) is 35.5 Å². The van der Waals surface area contributed by atoms with Gasteiger partial charge in [0.1, 0.15) is 0 Å². The third kappa shape index (κ3) is 3.46. The van der Waals surface area contributed by atoms with Crippen LogP contribution in [0.5, 0.6) is 0 Å². The predicted molar refractivity (Wildman–Crippen MR) is 73.6 cm³/mol. The quantitative estimate of drug-likeness (QED) is 0.782. The minimum Gasteiger partial charge on any atom is -0.389 e. The number of nitrogens with one attached hydrogen (secondary N) is 1. The third-order valence-electron chi connectivity index (χ3n) is 5.03. The molecule has 1 saturated heterocycles. The monoisotopic (exact) mass is 252 g/mol. The summed E-state index contributed by atoms with van der Waals surface area (Å²) in [6.45, 7) is 4.51. The maximum atomic E-state index is 10.4. The smallest absolute Gasteiger partial charge is 0.0774 e. The summed E-state index contributed by atoms with van der Waals surface area (Å²) in [7, 11) is 0. The number of nitrogens with zero attached hydrogens (tertiary/aromatic N) is 1. The molecule has 104 valence electrons. The summed E-state index contributed by atoms with van der Waals surface area (Å²) < 4.78 is 0. The molecule has 1 heterocycles. The van der Waals surface area contributed by atoms with Gasteiger partial charge in [-0.05, 0) is 64.1 Å². The minimum absolute atomic E-state index is 0.353. The molecule has 2 saturated carbocycles. The molecule has 0 spiro atoms. The van der Waals surface area contributed by atoms with Crippen molar-refractivity contribution >= 4 is 0 Å². The van der Waals surface area contributed by atoms with E-state index in [0.29, 0.717) is 0 Å². The van der Waals surface area contributed by atoms with Crippen LogP contribution in [0.1, 0.15) is 51.4 Å². The fourth-order valence-corrected chi connectivity index (χ4v) is 3.56. The Morgan fingerprint density at radius 3 is 2.33 bits per heavy atom. The maximum Gasteiger partial charge on any atom is 0.0774 e. The molecule has 0 aromatic rings. The van der Waals surface area contributed by atoms with Crippen LogP contribution < -0.4 is 5.32 Å². The van der Waals surface area contributed by atoms with E-state index in [9.17, 15) is 5.11 Å². The molecule has 3 heteroatoms. The van der Waals surface area contributed by atoms with E-state index in [1.54, 1.807) is 0 Å². The summed E-state index contributed by atoms with van der Waals surface area (Å²) in [4.78, 5) is 2.49. The number of hydrogen-bond acceptors (Lipinski definition) is 3. The number of hydrogen-bond donors (Lipinski definition) is 2. The zero-order chi connectivity index (χ0) is 12.4. The Kier molecular flexibility index (Phi) is 3.92. The first kappa shape index (κ1) is 12.9. The first-order chi connectivity index (χ1) is 8.73. The van der Waals surface area contributed by atoms with Gasteiger partial charge in [0.15, 0.2) is 0 Å². The van der Waals surface area contributed by atoms with Gasteiger partial charge in [0.05, 0.1) is 5.60 Å². The molecule has 3 fully saturated rings. The highest BCUT2D eigenvalue weighted by Crippen LogP contribution is 2.31. The summed E-state index contributed by atoms with van der Waals surface area (Å²) in [5.41, 5.74) is -0.353.